The van der Waals surface area contributed by atoms with Gasteiger partial charge in [-0.05, 0) is 18.6 Å². The summed E-state index contributed by atoms with van der Waals surface area (Å²) in [5.41, 5.74) is 1.87. The van der Waals surface area contributed by atoms with Gasteiger partial charge in [-0.15, -0.1) is 0 Å². The Morgan fingerprint density at radius 3 is 2.05 bits per heavy atom. The molecule has 0 amide bonds. The Morgan fingerprint density at radius 2 is 1.49 bits per heavy atom. The number of aryl methyl sites for hydroxylation is 1. The lowest BCUT2D eigenvalue weighted by atomic mass is 9.98. The van der Waals surface area contributed by atoms with Crippen LogP contribution >= 0.6 is 0 Å². The zero-order chi connectivity index (χ0) is 28.7. The first-order chi connectivity index (χ1) is 18.5. The number of nitrogens with zero attached hydrogens (tertiary/aromatic N) is 2. The van der Waals surface area contributed by atoms with E-state index in [2.05, 4.69) is 4.98 Å². The van der Waals surface area contributed by atoms with E-state index in [0.717, 1.165) is 26.3 Å². The molecule has 0 spiro atoms. The van der Waals surface area contributed by atoms with E-state index in [-0.39, 0.29) is 11.4 Å². The van der Waals surface area contributed by atoms with Gasteiger partial charge in [0.1, 0.15) is 24.3 Å². The third kappa shape index (κ3) is 7.52. The van der Waals surface area contributed by atoms with Crippen LogP contribution in [0.4, 0.5) is 0 Å². The zero-order valence-corrected chi connectivity index (χ0v) is 22.0. The standard InChI is InChI=1S/C27H28N2O10/c1-14-11-21(19-9-7-6-8-10-19)29-26(20(14)12-28)39-27-25(37-18(5)33)24(36-17(4)32)23(35-16(3)31)22(38-27)13-34-15(2)30/h6-11,22-25,27H,13H2,1-5H3/t22-,23-,24+,25-,27+/m1/s1. The summed E-state index contributed by atoms with van der Waals surface area (Å²) in [5.74, 6) is -3.11. The molecule has 1 aliphatic heterocycles. The van der Waals surface area contributed by atoms with E-state index in [1.807, 2.05) is 36.4 Å². The summed E-state index contributed by atoms with van der Waals surface area (Å²) in [4.78, 5) is 52.0. The maximum atomic E-state index is 12.1. The molecule has 2 heterocycles. The van der Waals surface area contributed by atoms with Gasteiger partial charge in [0.25, 0.3) is 0 Å². The number of hydrogen-bond donors (Lipinski definition) is 0. The fraction of sp³-hybridized carbons (Fsp3) is 0.407. The van der Waals surface area contributed by atoms with Crippen LogP contribution < -0.4 is 4.74 Å². The van der Waals surface area contributed by atoms with Crippen molar-refractivity contribution in [1.82, 2.24) is 4.98 Å². The Bertz CT molecular complexity index is 1270. The number of hydrogen-bond acceptors (Lipinski definition) is 12. The number of aromatic nitrogens is 1. The number of carbonyl (C=O) groups is 4. The molecule has 39 heavy (non-hydrogen) atoms. The second-order valence-corrected chi connectivity index (χ2v) is 8.67. The van der Waals surface area contributed by atoms with Crippen LogP contribution in [-0.2, 0) is 42.9 Å². The van der Waals surface area contributed by atoms with Crippen LogP contribution in [0.5, 0.6) is 5.88 Å². The number of esters is 4. The van der Waals surface area contributed by atoms with Crippen molar-refractivity contribution in [3.63, 3.8) is 0 Å². The molecule has 5 atom stereocenters. The number of rotatable bonds is 8. The van der Waals surface area contributed by atoms with E-state index in [4.69, 9.17) is 28.4 Å². The van der Waals surface area contributed by atoms with Crippen LogP contribution in [0.1, 0.15) is 38.8 Å². The van der Waals surface area contributed by atoms with E-state index in [9.17, 15) is 24.4 Å². The molecule has 0 N–H and O–H groups in total. The lowest BCUT2D eigenvalue weighted by Crippen LogP contribution is -2.63. The lowest BCUT2D eigenvalue weighted by Gasteiger charge is -2.43. The summed E-state index contributed by atoms with van der Waals surface area (Å²) in [6, 6.07) is 12.9. The summed E-state index contributed by atoms with van der Waals surface area (Å²) < 4.78 is 33.3. The van der Waals surface area contributed by atoms with Gasteiger partial charge in [-0.2, -0.15) is 5.26 Å². The van der Waals surface area contributed by atoms with Crippen molar-refractivity contribution < 1.29 is 47.6 Å². The molecule has 12 heteroatoms. The lowest BCUT2D eigenvalue weighted by molar-refractivity contribution is -0.289. The van der Waals surface area contributed by atoms with E-state index < -0.39 is 61.2 Å². The van der Waals surface area contributed by atoms with Crippen LogP contribution in [0.15, 0.2) is 36.4 Å². The second kappa shape index (κ2) is 12.8. The minimum absolute atomic E-state index is 0.0857. The fourth-order valence-corrected chi connectivity index (χ4v) is 4.02. The minimum Gasteiger partial charge on any atom is -0.463 e. The minimum atomic E-state index is -1.52. The van der Waals surface area contributed by atoms with Crippen LogP contribution in [0, 0.1) is 18.3 Å². The molecule has 3 rings (SSSR count). The molecule has 2 aromatic rings. The Labute approximate surface area is 224 Å². The van der Waals surface area contributed by atoms with E-state index >= 15 is 0 Å². The molecule has 1 aliphatic rings. The van der Waals surface area contributed by atoms with Gasteiger partial charge in [0.2, 0.25) is 18.3 Å². The normalized spacial score (nSPS) is 22.1. The molecular formula is C27H28N2O10. The highest BCUT2D eigenvalue weighted by atomic mass is 16.7. The summed E-state index contributed by atoms with van der Waals surface area (Å²) in [6.07, 6.45) is -6.94. The number of pyridine rings is 1. The Morgan fingerprint density at radius 1 is 0.897 bits per heavy atom. The molecule has 0 saturated carbocycles. The summed E-state index contributed by atoms with van der Waals surface area (Å²) >= 11 is 0. The summed E-state index contributed by atoms with van der Waals surface area (Å²) in [7, 11) is 0. The van der Waals surface area contributed by atoms with Gasteiger partial charge in [0.15, 0.2) is 12.2 Å². The highest BCUT2D eigenvalue weighted by Crippen LogP contribution is 2.33. The van der Waals surface area contributed by atoms with Gasteiger partial charge in [0.05, 0.1) is 5.69 Å². The van der Waals surface area contributed by atoms with Crippen molar-refractivity contribution in [1.29, 1.82) is 5.26 Å². The molecule has 12 nitrogen and oxygen atoms in total. The van der Waals surface area contributed by atoms with Crippen LogP contribution in [-0.4, -0.2) is 66.2 Å². The smallest absolute Gasteiger partial charge is 0.303 e. The Hall–Kier alpha value is -4.50. The van der Waals surface area contributed by atoms with Gasteiger partial charge < -0.3 is 28.4 Å². The van der Waals surface area contributed by atoms with Gasteiger partial charge >= 0.3 is 23.9 Å². The molecular weight excluding hydrogens is 512 g/mol. The summed E-state index contributed by atoms with van der Waals surface area (Å²) in [6.45, 7) is 5.81. The quantitative estimate of drug-likeness (QED) is 0.356. The maximum Gasteiger partial charge on any atom is 0.303 e. The van der Waals surface area contributed by atoms with Gasteiger partial charge in [0, 0.05) is 33.3 Å². The predicted octanol–water partition coefficient (Wildman–Crippen LogP) is 2.39. The van der Waals surface area contributed by atoms with Crippen molar-refractivity contribution in [2.45, 2.75) is 65.3 Å². The predicted molar refractivity (Wildman–Crippen MR) is 132 cm³/mol. The van der Waals surface area contributed by atoms with E-state index in [1.165, 1.54) is 6.92 Å². The van der Waals surface area contributed by atoms with Crippen molar-refractivity contribution in [3.05, 3.63) is 47.5 Å². The largest absolute Gasteiger partial charge is 0.463 e. The van der Waals surface area contributed by atoms with Crippen LogP contribution in [0.25, 0.3) is 11.3 Å². The molecule has 1 saturated heterocycles. The highest BCUT2D eigenvalue weighted by Gasteiger charge is 2.53. The number of benzene rings is 1. The van der Waals surface area contributed by atoms with Crippen molar-refractivity contribution in [3.8, 4) is 23.2 Å². The first-order valence-electron chi connectivity index (χ1n) is 11.9. The SMILES string of the molecule is CC(=O)OC[C@H]1O[C@@H](Oc2nc(-c3ccccc3)cc(C)c2C#N)[C@H](OC(C)=O)[C@@H](OC(C)=O)[C@@H]1OC(C)=O. The third-order valence-corrected chi connectivity index (χ3v) is 5.54. The molecule has 0 unspecified atom stereocenters. The third-order valence-electron chi connectivity index (χ3n) is 5.54. The van der Waals surface area contributed by atoms with E-state index in [0.29, 0.717) is 11.3 Å². The number of nitriles is 1. The number of carbonyl (C=O) groups excluding carboxylic acids is 4. The monoisotopic (exact) mass is 540 g/mol. The summed E-state index contributed by atoms with van der Waals surface area (Å²) in [5, 5.41) is 9.83. The van der Waals surface area contributed by atoms with Crippen molar-refractivity contribution >= 4 is 23.9 Å². The van der Waals surface area contributed by atoms with E-state index in [1.54, 1.807) is 13.0 Å². The maximum absolute atomic E-state index is 12.1. The molecule has 1 aromatic carbocycles. The molecule has 206 valence electrons. The van der Waals surface area contributed by atoms with Crippen LogP contribution in [0.2, 0.25) is 0 Å². The topological polar surface area (TPSA) is 160 Å². The van der Waals surface area contributed by atoms with Gasteiger partial charge in [-0.25, -0.2) is 4.98 Å². The first-order valence-corrected chi connectivity index (χ1v) is 11.9. The molecule has 0 aliphatic carbocycles. The van der Waals surface area contributed by atoms with Crippen molar-refractivity contribution in [2.24, 2.45) is 0 Å². The average Bonchev–Trinajstić information content (AvgIpc) is 2.86. The molecule has 1 aromatic heterocycles. The van der Waals surface area contributed by atoms with Crippen molar-refractivity contribution in [2.75, 3.05) is 6.61 Å². The second-order valence-electron chi connectivity index (χ2n) is 8.67. The Kier molecular flexibility index (Phi) is 9.57. The molecule has 1 fully saturated rings. The van der Waals surface area contributed by atoms with Crippen LogP contribution in [0.3, 0.4) is 0 Å². The number of ether oxygens (including phenoxy) is 6. The highest BCUT2D eigenvalue weighted by molar-refractivity contribution is 5.69. The van der Waals surface area contributed by atoms with Gasteiger partial charge in [-0.1, -0.05) is 30.3 Å². The van der Waals surface area contributed by atoms with Gasteiger partial charge in [-0.3, -0.25) is 19.2 Å². The Balaban J connectivity index is 2.10. The zero-order valence-electron chi connectivity index (χ0n) is 22.0. The molecule has 0 radical (unpaired) electrons. The first kappa shape index (κ1) is 29.1. The molecule has 0 bridgehead atoms. The fourth-order valence-electron chi connectivity index (χ4n) is 4.02. The average molecular weight is 541 g/mol.